The minimum atomic E-state index is 0.523. The van der Waals surface area contributed by atoms with Crippen LogP contribution >= 0.6 is 38.7 Å². The molecule has 0 radical (unpaired) electrons. The molecule has 0 saturated heterocycles. The third-order valence-corrected chi connectivity index (χ3v) is 8.20. The van der Waals surface area contributed by atoms with Crippen LogP contribution in [0.25, 0.3) is 32.7 Å². The summed E-state index contributed by atoms with van der Waals surface area (Å²) in [5.74, 6) is 0. The van der Waals surface area contributed by atoms with Gasteiger partial charge in [-0.15, -0.1) is 0 Å². The van der Waals surface area contributed by atoms with Crippen molar-refractivity contribution >= 4 is 94.4 Å². The van der Waals surface area contributed by atoms with Crippen LogP contribution in [-0.2, 0) is 11.2 Å². The molecular formula is C36H28I2N4Pt. The molecule has 0 aliphatic carbocycles. The summed E-state index contributed by atoms with van der Waals surface area (Å²) in [6, 6.07) is 43.8. The molecule has 2 aliphatic heterocycles. The Morgan fingerprint density at radius 3 is 1.21 bits per heavy atom. The molecule has 0 amide bonds. The fourth-order valence-corrected chi connectivity index (χ4v) is 6.36. The van der Waals surface area contributed by atoms with Crippen molar-refractivity contribution in [3.05, 3.63) is 135 Å². The first kappa shape index (κ1) is 28.9. The van der Waals surface area contributed by atoms with E-state index in [1.165, 1.54) is 55.4 Å². The summed E-state index contributed by atoms with van der Waals surface area (Å²) in [5.41, 5.74) is 9.54. The van der Waals surface area contributed by atoms with Gasteiger partial charge in [-0.2, -0.15) is 13.3 Å². The van der Waals surface area contributed by atoms with Crippen LogP contribution in [0.2, 0.25) is 0 Å². The molecule has 2 heterocycles. The zero-order valence-corrected chi connectivity index (χ0v) is 30.1. The van der Waals surface area contributed by atoms with Gasteiger partial charge < -0.3 is 19.6 Å². The van der Waals surface area contributed by atoms with Crippen molar-refractivity contribution < 1.29 is 11.2 Å². The van der Waals surface area contributed by atoms with Gasteiger partial charge in [0.15, 0.2) is 0 Å². The zero-order chi connectivity index (χ0) is 29.5. The van der Waals surface area contributed by atoms with Crippen LogP contribution < -0.4 is 19.6 Å². The molecule has 0 atom stereocenters. The first-order valence-electron chi connectivity index (χ1n) is 13.9. The van der Waals surface area contributed by atoms with E-state index in [4.69, 9.17) is 0 Å². The summed E-state index contributed by atoms with van der Waals surface area (Å²) >= 11 is 5.30. The van der Waals surface area contributed by atoms with Gasteiger partial charge >= 0.3 is 49.9 Å². The fourth-order valence-electron chi connectivity index (χ4n) is 6.36. The molecule has 7 heteroatoms. The molecule has 0 spiro atoms. The van der Waals surface area contributed by atoms with Gasteiger partial charge in [-0.25, -0.2) is 0 Å². The number of hydrogen-bond donors (Lipinski definition) is 0. The number of fused-ring (bicyclic) bond motifs is 4. The number of halogens is 2. The van der Waals surface area contributed by atoms with Crippen LogP contribution in [0.4, 0.5) is 34.1 Å². The van der Waals surface area contributed by atoms with Crippen LogP contribution in [0.3, 0.4) is 0 Å². The van der Waals surface area contributed by atoms with Gasteiger partial charge in [0, 0.05) is 45.3 Å². The van der Waals surface area contributed by atoms with Crippen LogP contribution in [0, 0.1) is 13.3 Å². The molecule has 43 heavy (non-hydrogen) atoms. The Kier molecular flexibility index (Phi) is 8.27. The SMILES string of the molecule is CN1[CH-]N(c2ccc3ccccc3c2-c2c(N3[CH-]N(C)c4ccccc43)ccc3ccccc23)c2ccccc21.[I][Pt+2][I]. The van der Waals surface area contributed by atoms with Crippen molar-refractivity contribution in [2.75, 3.05) is 33.7 Å². The monoisotopic (exact) mass is 965 g/mol. The Labute approximate surface area is 282 Å². The average molecular weight is 966 g/mol. The molecule has 0 unspecified atom stereocenters. The van der Waals surface area contributed by atoms with Gasteiger partial charge in [-0.3, -0.25) is 0 Å². The van der Waals surface area contributed by atoms with Gasteiger partial charge in [0.2, 0.25) is 0 Å². The maximum absolute atomic E-state index is 2.39. The second kappa shape index (κ2) is 12.3. The Hall–Kier alpha value is -2.81. The van der Waals surface area contributed by atoms with Crippen molar-refractivity contribution in [3.63, 3.8) is 0 Å². The molecule has 0 saturated carbocycles. The van der Waals surface area contributed by atoms with Crippen molar-refractivity contribution in [1.29, 1.82) is 0 Å². The normalized spacial score (nSPS) is 13.9. The summed E-state index contributed by atoms with van der Waals surface area (Å²) in [5, 5.41) is 4.92. The fraction of sp³-hybridized carbons (Fsp3) is 0.0556. The molecule has 0 aromatic heterocycles. The molecule has 0 bridgehead atoms. The number of anilines is 6. The number of hydrogen-bond acceptors (Lipinski definition) is 4. The summed E-state index contributed by atoms with van der Waals surface area (Å²) in [6.07, 6.45) is 0. The van der Waals surface area contributed by atoms with E-state index in [9.17, 15) is 0 Å². The van der Waals surface area contributed by atoms with Gasteiger partial charge in [-0.1, -0.05) is 84.9 Å². The third-order valence-electron chi connectivity index (χ3n) is 8.20. The van der Waals surface area contributed by atoms with E-state index < -0.39 is 0 Å². The standard InChI is InChI=1S/C36H28N4.2HI.Pt/c1-37-23-39(31-17-9-7-15-29(31)37)33-21-19-25-11-3-5-13-27(25)35(33)36-28-14-6-4-12-26(28)20-22-34(36)40-24-38(2)30-16-8-10-18-32(30)40;;;/h3-24H,1-2H3;2*1H;/q-2;;;+4/p-2. The van der Waals surface area contributed by atoms with Gasteiger partial charge in [-0.05, 0) is 72.0 Å². The van der Waals surface area contributed by atoms with Gasteiger partial charge in [0.1, 0.15) is 0 Å². The predicted octanol–water partition coefficient (Wildman–Crippen LogP) is 10.8. The van der Waals surface area contributed by atoms with E-state index in [-0.39, 0.29) is 0 Å². The molecule has 8 rings (SSSR count). The van der Waals surface area contributed by atoms with Crippen LogP contribution in [0.5, 0.6) is 0 Å². The Morgan fingerprint density at radius 1 is 0.442 bits per heavy atom. The van der Waals surface area contributed by atoms with E-state index in [0.29, 0.717) is 11.2 Å². The molecule has 0 fully saturated rings. The zero-order valence-electron chi connectivity index (χ0n) is 23.6. The molecule has 216 valence electrons. The van der Waals surface area contributed by atoms with Crippen LogP contribution in [0.15, 0.2) is 121 Å². The predicted molar refractivity (Wildman–Crippen MR) is 197 cm³/mol. The summed E-state index contributed by atoms with van der Waals surface area (Å²) < 4.78 is 0. The number of rotatable bonds is 3. The molecule has 6 aromatic carbocycles. The van der Waals surface area contributed by atoms with E-state index in [1.807, 2.05) is 0 Å². The second-order valence-corrected chi connectivity index (χ2v) is 27.2. The molecule has 2 aliphatic rings. The van der Waals surface area contributed by atoms with E-state index in [0.717, 1.165) is 11.4 Å². The average Bonchev–Trinajstić information content (AvgIpc) is 3.57. The Morgan fingerprint density at radius 2 is 0.791 bits per heavy atom. The quantitative estimate of drug-likeness (QED) is 0.129. The summed E-state index contributed by atoms with van der Waals surface area (Å²) in [7, 11) is 4.24. The minimum absolute atomic E-state index is 0.523. The topological polar surface area (TPSA) is 13.0 Å². The first-order chi connectivity index (χ1) is 21.1. The second-order valence-electron chi connectivity index (χ2n) is 10.6. The van der Waals surface area contributed by atoms with Crippen LogP contribution in [-0.4, -0.2) is 14.1 Å². The van der Waals surface area contributed by atoms with Gasteiger partial charge in [0.05, 0.1) is 0 Å². The van der Waals surface area contributed by atoms with Crippen molar-refractivity contribution in [2.24, 2.45) is 0 Å². The Balaban J connectivity index is 0.000000963. The van der Waals surface area contributed by atoms with Crippen molar-refractivity contribution in [1.82, 2.24) is 0 Å². The van der Waals surface area contributed by atoms with Crippen molar-refractivity contribution in [3.8, 4) is 11.1 Å². The van der Waals surface area contributed by atoms with Crippen molar-refractivity contribution in [2.45, 2.75) is 0 Å². The molecular weight excluding hydrogens is 937 g/mol. The van der Waals surface area contributed by atoms with E-state index in [2.05, 4.69) is 207 Å². The number of para-hydroxylation sites is 4. The first-order valence-corrected chi connectivity index (χ1v) is 26.8. The summed E-state index contributed by atoms with van der Waals surface area (Å²) in [4.78, 5) is 9.10. The third kappa shape index (κ3) is 5.09. The van der Waals surface area contributed by atoms with Gasteiger partial charge in [0.25, 0.3) is 0 Å². The number of benzene rings is 6. The molecule has 4 nitrogen and oxygen atoms in total. The van der Waals surface area contributed by atoms with E-state index >= 15 is 0 Å². The van der Waals surface area contributed by atoms with E-state index in [1.54, 1.807) is 0 Å². The molecule has 6 aromatic rings. The number of nitrogens with zero attached hydrogens (tertiary/aromatic N) is 4. The maximum atomic E-state index is 2.39. The van der Waals surface area contributed by atoms with Crippen LogP contribution in [0.1, 0.15) is 0 Å². The molecule has 0 N–H and O–H groups in total. The summed E-state index contributed by atoms with van der Waals surface area (Å²) in [6.45, 7) is 4.41. The Bertz CT molecular complexity index is 1820.